The highest BCUT2D eigenvalue weighted by molar-refractivity contribution is 5.79. The molecule has 0 aliphatic heterocycles. The number of guanidine groups is 1. The van der Waals surface area contributed by atoms with Gasteiger partial charge in [0.05, 0.1) is 13.1 Å². The quantitative estimate of drug-likeness (QED) is 0.504. The van der Waals surface area contributed by atoms with Gasteiger partial charge in [0.25, 0.3) is 0 Å². The van der Waals surface area contributed by atoms with Gasteiger partial charge in [-0.25, -0.2) is 0 Å². The lowest BCUT2D eigenvalue weighted by molar-refractivity contribution is 0.199. The van der Waals surface area contributed by atoms with Crippen molar-refractivity contribution in [1.82, 2.24) is 25.2 Å². The third-order valence-corrected chi connectivity index (χ3v) is 4.02. The van der Waals surface area contributed by atoms with Gasteiger partial charge < -0.3 is 15.4 Å². The molecule has 0 bridgehead atoms. The summed E-state index contributed by atoms with van der Waals surface area (Å²) in [5.74, 6) is 2.41. The Kier molecular flexibility index (Phi) is 6.03. The molecule has 1 aromatic carbocycles. The average Bonchev–Trinajstić information content (AvgIpc) is 3.11. The molecule has 0 aliphatic rings. The third-order valence-electron chi connectivity index (χ3n) is 4.02. The second-order valence-electron chi connectivity index (χ2n) is 5.81. The van der Waals surface area contributed by atoms with Crippen LogP contribution in [0.15, 0.2) is 59.7 Å². The second kappa shape index (κ2) is 8.84. The highest BCUT2D eigenvalue weighted by Gasteiger charge is 2.10. The molecule has 1 atom stereocenters. The van der Waals surface area contributed by atoms with Crippen molar-refractivity contribution in [1.29, 1.82) is 0 Å². The standard InChI is InChI=1S/C19H24N6O/c1-3-15(26-16-9-5-4-6-10-16)13-21-19(20-2)22-14-18-24-23-17-11-7-8-12-25(17)18/h4-12,15H,3,13-14H2,1-2H3,(H2,20,21,22). The number of pyridine rings is 1. The monoisotopic (exact) mass is 352 g/mol. The number of hydrogen-bond acceptors (Lipinski definition) is 4. The van der Waals surface area contributed by atoms with Gasteiger partial charge in [-0.05, 0) is 30.7 Å². The van der Waals surface area contributed by atoms with E-state index >= 15 is 0 Å². The number of nitrogens with zero attached hydrogens (tertiary/aromatic N) is 4. The van der Waals surface area contributed by atoms with Crippen LogP contribution in [0.4, 0.5) is 0 Å². The molecule has 3 aromatic rings. The van der Waals surface area contributed by atoms with Gasteiger partial charge in [0.15, 0.2) is 17.4 Å². The first-order chi connectivity index (χ1) is 12.8. The van der Waals surface area contributed by atoms with E-state index in [1.807, 2.05) is 59.1 Å². The van der Waals surface area contributed by atoms with E-state index in [-0.39, 0.29) is 6.10 Å². The molecule has 0 fully saturated rings. The number of aliphatic imine (C=N–C) groups is 1. The molecule has 0 radical (unpaired) electrons. The van der Waals surface area contributed by atoms with Gasteiger partial charge in [0, 0.05) is 13.2 Å². The van der Waals surface area contributed by atoms with E-state index in [1.54, 1.807) is 7.05 Å². The second-order valence-corrected chi connectivity index (χ2v) is 5.81. The van der Waals surface area contributed by atoms with Crippen LogP contribution in [0.5, 0.6) is 5.75 Å². The number of hydrogen-bond donors (Lipinski definition) is 2. The van der Waals surface area contributed by atoms with Crippen molar-refractivity contribution in [2.45, 2.75) is 26.0 Å². The van der Waals surface area contributed by atoms with Crippen molar-refractivity contribution >= 4 is 11.6 Å². The molecule has 7 nitrogen and oxygen atoms in total. The van der Waals surface area contributed by atoms with Crippen LogP contribution in [-0.4, -0.2) is 40.3 Å². The lowest BCUT2D eigenvalue weighted by Gasteiger charge is -2.19. The van der Waals surface area contributed by atoms with Gasteiger partial charge in [-0.2, -0.15) is 0 Å². The molecule has 1 unspecified atom stereocenters. The van der Waals surface area contributed by atoms with Crippen molar-refractivity contribution in [3.8, 4) is 5.75 Å². The van der Waals surface area contributed by atoms with E-state index in [4.69, 9.17) is 4.74 Å². The van der Waals surface area contributed by atoms with Gasteiger partial charge in [-0.15, -0.1) is 10.2 Å². The highest BCUT2D eigenvalue weighted by Crippen LogP contribution is 2.12. The van der Waals surface area contributed by atoms with Crippen molar-refractivity contribution in [3.63, 3.8) is 0 Å². The van der Waals surface area contributed by atoms with Gasteiger partial charge >= 0.3 is 0 Å². The van der Waals surface area contributed by atoms with Crippen molar-refractivity contribution in [3.05, 3.63) is 60.6 Å². The van der Waals surface area contributed by atoms with Gasteiger partial charge in [0.1, 0.15) is 11.9 Å². The normalized spacial score (nSPS) is 12.8. The molecule has 2 heterocycles. The zero-order valence-electron chi connectivity index (χ0n) is 15.1. The SMILES string of the molecule is CCC(CNC(=NC)NCc1nnc2ccccn12)Oc1ccccc1. The summed E-state index contributed by atoms with van der Waals surface area (Å²) in [6.07, 6.45) is 2.90. The first-order valence-electron chi connectivity index (χ1n) is 8.75. The lowest BCUT2D eigenvalue weighted by Crippen LogP contribution is -2.42. The minimum absolute atomic E-state index is 0.0601. The van der Waals surface area contributed by atoms with Gasteiger partial charge in [-0.1, -0.05) is 31.2 Å². The van der Waals surface area contributed by atoms with Crippen molar-refractivity contribution in [2.24, 2.45) is 4.99 Å². The van der Waals surface area contributed by atoms with E-state index in [9.17, 15) is 0 Å². The average molecular weight is 352 g/mol. The molecule has 2 N–H and O–H groups in total. The maximum atomic E-state index is 5.99. The van der Waals surface area contributed by atoms with Crippen LogP contribution in [0.2, 0.25) is 0 Å². The molecular formula is C19H24N6O. The van der Waals surface area contributed by atoms with E-state index in [0.29, 0.717) is 19.0 Å². The number of para-hydroxylation sites is 1. The van der Waals surface area contributed by atoms with Crippen LogP contribution >= 0.6 is 0 Å². The van der Waals surface area contributed by atoms with Crippen molar-refractivity contribution in [2.75, 3.05) is 13.6 Å². The summed E-state index contributed by atoms with van der Waals surface area (Å²) in [6.45, 7) is 3.29. The lowest BCUT2D eigenvalue weighted by atomic mass is 10.2. The van der Waals surface area contributed by atoms with Crippen LogP contribution in [0, 0.1) is 0 Å². The fourth-order valence-corrected chi connectivity index (χ4v) is 2.57. The molecule has 7 heteroatoms. The van der Waals surface area contributed by atoms with E-state index < -0.39 is 0 Å². The minimum atomic E-state index is 0.0601. The summed E-state index contributed by atoms with van der Waals surface area (Å²) in [6, 6.07) is 15.7. The van der Waals surface area contributed by atoms with Crippen LogP contribution in [-0.2, 0) is 6.54 Å². The first kappa shape index (κ1) is 17.7. The van der Waals surface area contributed by atoms with E-state index in [0.717, 1.165) is 23.6 Å². The van der Waals surface area contributed by atoms with Crippen LogP contribution in [0.1, 0.15) is 19.2 Å². The predicted molar refractivity (Wildman–Crippen MR) is 102 cm³/mol. The topological polar surface area (TPSA) is 75.8 Å². The summed E-state index contributed by atoms with van der Waals surface area (Å²) in [5, 5.41) is 14.9. The molecule has 0 saturated heterocycles. The fraction of sp³-hybridized carbons (Fsp3) is 0.316. The summed E-state index contributed by atoms with van der Waals surface area (Å²) < 4.78 is 7.95. The van der Waals surface area contributed by atoms with Crippen LogP contribution in [0.3, 0.4) is 0 Å². The zero-order chi connectivity index (χ0) is 18.2. The Balaban J connectivity index is 1.52. The minimum Gasteiger partial charge on any atom is -0.489 e. The van der Waals surface area contributed by atoms with Gasteiger partial charge in [-0.3, -0.25) is 9.39 Å². The predicted octanol–water partition coefficient (Wildman–Crippen LogP) is 2.25. The Morgan fingerprint density at radius 1 is 1.12 bits per heavy atom. The van der Waals surface area contributed by atoms with E-state index in [2.05, 4.69) is 32.7 Å². The zero-order valence-corrected chi connectivity index (χ0v) is 15.1. The first-order valence-corrected chi connectivity index (χ1v) is 8.75. The number of benzene rings is 1. The number of aromatic nitrogens is 3. The third kappa shape index (κ3) is 4.50. The molecule has 136 valence electrons. The summed E-state index contributed by atoms with van der Waals surface area (Å²) in [5.41, 5.74) is 0.828. The Labute approximate surface area is 153 Å². The molecule has 2 aromatic heterocycles. The van der Waals surface area contributed by atoms with Crippen molar-refractivity contribution < 1.29 is 4.74 Å². The van der Waals surface area contributed by atoms with Crippen LogP contribution < -0.4 is 15.4 Å². The van der Waals surface area contributed by atoms with Crippen LogP contribution in [0.25, 0.3) is 5.65 Å². The molecule has 26 heavy (non-hydrogen) atoms. The molecule has 0 aliphatic carbocycles. The highest BCUT2D eigenvalue weighted by atomic mass is 16.5. The van der Waals surface area contributed by atoms with E-state index in [1.165, 1.54) is 0 Å². The Hall–Kier alpha value is -3.09. The van der Waals surface area contributed by atoms with Gasteiger partial charge in [0.2, 0.25) is 0 Å². The number of ether oxygens (including phenoxy) is 1. The molecule has 3 rings (SSSR count). The Morgan fingerprint density at radius 3 is 2.69 bits per heavy atom. The largest absolute Gasteiger partial charge is 0.489 e. The summed E-state index contributed by atoms with van der Waals surface area (Å²) >= 11 is 0. The summed E-state index contributed by atoms with van der Waals surface area (Å²) in [4.78, 5) is 4.26. The Morgan fingerprint density at radius 2 is 1.92 bits per heavy atom. The number of fused-ring (bicyclic) bond motifs is 1. The molecular weight excluding hydrogens is 328 g/mol. The molecule has 0 saturated carbocycles. The number of rotatable bonds is 7. The Bertz CT molecular complexity index is 845. The molecule has 0 spiro atoms. The molecule has 0 amide bonds. The number of nitrogens with one attached hydrogen (secondary N) is 2. The maximum Gasteiger partial charge on any atom is 0.191 e. The smallest absolute Gasteiger partial charge is 0.191 e. The fourth-order valence-electron chi connectivity index (χ4n) is 2.57. The maximum absolute atomic E-state index is 5.99. The summed E-state index contributed by atoms with van der Waals surface area (Å²) in [7, 11) is 1.75.